The maximum absolute atomic E-state index is 12.9. The van der Waals surface area contributed by atoms with Crippen molar-refractivity contribution < 1.29 is 80.2 Å². The van der Waals surface area contributed by atoms with Gasteiger partial charge in [-0.1, -0.05) is 278 Å². The number of hydrogen-bond acceptors (Lipinski definition) is 15. The van der Waals surface area contributed by atoms with E-state index in [0.29, 0.717) is 25.7 Å². The van der Waals surface area contributed by atoms with Crippen LogP contribution < -0.4 is 0 Å². The molecular formula is C64H124O17P2. The first-order valence-corrected chi connectivity index (χ1v) is 36.8. The number of phosphoric ester groups is 2. The standard InChI is InChI=1S/C64H124O17P2/c1-5-9-13-17-21-22-23-24-25-26-27-28-29-30-31-32-33-34-35-39-43-47-51-64(69)81-60(55-75-62(67)49-45-41-37-19-15-11-7-3)57-79-83(72,73)77-53-58(65)52-76-82(70,71)78-56-59(80-63(68)50-46-42-38-20-16-12-8-4)54-74-61(66)48-44-40-36-18-14-10-6-2/h58-60,65H,5-57H2,1-4H3,(H,70,71)(H,72,73)/t58-,59+,60+/m0/s1. The molecule has 83 heavy (non-hydrogen) atoms. The van der Waals surface area contributed by atoms with Crippen LogP contribution in [0.2, 0.25) is 0 Å². The summed E-state index contributed by atoms with van der Waals surface area (Å²) in [7, 11) is -9.87. The summed E-state index contributed by atoms with van der Waals surface area (Å²) < 4.78 is 67.6. The van der Waals surface area contributed by atoms with E-state index in [1.807, 2.05) is 0 Å². The zero-order valence-electron chi connectivity index (χ0n) is 53.2. The third-order valence-corrected chi connectivity index (χ3v) is 16.8. The second kappa shape index (κ2) is 59.0. The van der Waals surface area contributed by atoms with Crippen LogP contribution in [0.3, 0.4) is 0 Å². The lowest BCUT2D eigenvalue weighted by Gasteiger charge is -2.21. The van der Waals surface area contributed by atoms with E-state index in [1.165, 1.54) is 122 Å². The SMILES string of the molecule is CCCCCCCCCCCCCCCCCCCCCCCCC(=O)O[C@H](COC(=O)CCCCCCCCC)COP(=O)(O)OC[C@@H](O)COP(=O)(O)OC[C@@H](COC(=O)CCCCCCCCC)OC(=O)CCCCCCCCC. The van der Waals surface area contributed by atoms with Gasteiger partial charge in [0.05, 0.1) is 26.4 Å². The van der Waals surface area contributed by atoms with Gasteiger partial charge in [0, 0.05) is 25.7 Å². The van der Waals surface area contributed by atoms with Crippen molar-refractivity contribution in [2.24, 2.45) is 0 Å². The van der Waals surface area contributed by atoms with Crippen molar-refractivity contribution in [2.75, 3.05) is 39.6 Å². The molecule has 5 atom stereocenters. The number of rotatable bonds is 65. The van der Waals surface area contributed by atoms with Crippen molar-refractivity contribution in [1.29, 1.82) is 0 Å². The van der Waals surface area contributed by atoms with Crippen LogP contribution in [0.15, 0.2) is 0 Å². The fourth-order valence-corrected chi connectivity index (χ4v) is 11.2. The van der Waals surface area contributed by atoms with Gasteiger partial charge in [-0.15, -0.1) is 0 Å². The van der Waals surface area contributed by atoms with Crippen molar-refractivity contribution in [3.8, 4) is 0 Å². The Kier molecular flexibility index (Phi) is 57.7. The van der Waals surface area contributed by atoms with E-state index in [9.17, 15) is 43.2 Å². The van der Waals surface area contributed by atoms with Gasteiger partial charge in [0.1, 0.15) is 19.3 Å². The van der Waals surface area contributed by atoms with Crippen molar-refractivity contribution in [3.05, 3.63) is 0 Å². The Morgan fingerprint density at radius 3 is 0.711 bits per heavy atom. The Morgan fingerprint density at radius 2 is 0.482 bits per heavy atom. The molecule has 17 nitrogen and oxygen atoms in total. The zero-order valence-corrected chi connectivity index (χ0v) is 54.9. The number of aliphatic hydroxyl groups excluding tert-OH is 1. The Hall–Kier alpha value is -1.94. The smallest absolute Gasteiger partial charge is 0.462 e. The summed E-state index contributed by atoms with van der Waals surface area (Å²) in [6.45, 7) is 4.76. The molecule has 0 spiro atoms. The van der Waals surface area contributed by atoms with E-state index in [1.54, 1.807) is 0 Å². The van der Waals surface area contributed by atoms with Crippen molar-refractivity contribution in [2.45, 2.75) is 348 Å². The summed E-state index contributed by atoms with van der Waals surface area (Å²) in [4.78, 5) is 71.8. The van der Waals surface area contributed by atoms with Crippen molar-refractivity contribution in [3.63, 3.8) is 0 Å². The number of unbranched alkanes of at least 4 members (excludes halogenated alkanes) is 39. The van der Waals surface area contributed by atoms with Gasteiger partial charge in [-0.05, 0) is 25.7 Å². The summed E-state index contributed by atoms with van der Waals surface area (Å²) in [6.07, 6.45) is 45.2. The minimum atomic E-state index is -4.94. The van der Waals surface area contributed by atoms with E-state index in [4.69, 9.17) is 37.0 Å². The average molecular weight is 1230 g/mol. The van der Waals surface area contributed by atoms with Gasteiger partial charge >= 0.3 is 39.5 Å². The molecule has 0 aliphatic rings. The first-order chi connectivity index (χ1) is 40.2. The Bertz CT molecular complexity index is 1600. The lowest BCUT2D eigenvalue weighted by Crippen LogP contribution is -2.30. The molecule has 0 fully saturated rings. The number of carbonyl (C=O) groups excluding carboxylic acids is 4. The van der Waals surface area contributed by atoms with Crippen LogP contribution in [0.4, 0.5) is 0 Å². The van der Waals surface area contributed by atoms with Crippen LogP contribution in [0.1, 0.15) is 329 Å². The van der Waals surface area contributed by atoms with Crippen LogP contribution in [-0.2, 0) is 65.4 Å². The Labute approximate surface area is 505 Å². The van der Waals surface area contributed by atoms with Crippen LogP contribution in [0, 0.1) is 0 Å². The molecule has 0 aliphatic heterocycles. The summed E-state index contributed by atoms with van der Waals surface area (Å²) in [5.74, 6) is -2.15. The number of esters is 4. The summed E-state index contributed by atoms with van der Waals surface area (Å²) in [5, 5.41) is 10.5. The maximum atomic E-state index is 12.9. The third-order valence-electron chi connectivity index (χ3n) is 14.9. The van der Waals surface area contributed by atoms with E-state index < -0.39 is 97.5 Å². The first kappa shape index (κ1) is 81.1. The van der Waals surface area contributed by atoms with Crippen LogP contribution in [0.25, 0.3) is 0 Å². The lowest BCUT2D eigenvalue weighted by atomic mass is 10.0. The molecule has 0 saturated carbocycles. The molecule has 3 N–H and O–H groups in total. The second-order valence-electron chi connectivity index (χ2n) is 23.2. The molecule has 0 aliphatic carbocycles. The van der Waals surface area contributed by atoms with Gasteiger partial charge in [0.2, 0.25) is 0 Å². The van der Waals surface area contributed by atoms with Crippen molar-refractivity contribution in [1.82, 2.24) is 0 Å². The number of hydrogen-bond donors (Lipinski definition) is 3. The normalized spacial score (nSPS) is 14.2. The molecule has 0 aromatic heterocycles. The predicted octanol–water partition coefficient (Wildman–Crippen LogP) is 17.9. The van der Waals surface area contributed by atoms with Crippen molar-refractivity contribution >= 4 is 39.5 Å². The fourth-order valence-electron chi connectivity index (χ4n) is 9.63. The van der Waals surface area contributed by atoms with E-state index >= 15 is 0 Å². The predicted molar refractivity (Wildman–Crippen MR) is 331 cm³/mol. The first-order valence-electron chi connectivity index (χ1n) is 33.8. The van der Waals surface area contributed by atoms with Gasteiger partial charge < -0.3 is 33.8 Å². The van der Waals surface area contributed by atoms with Gasteiger partial charge in [0.25, 0.3) is 0 Å². The number of ether oxygens (including phenoxy) is 4. The minimum absolute atomic E-state index is 0.104. The quantitative estimate of drug-likeness (QED) is 0.0222. The molecule has 19 heteroatoms. The van der Waals surface area contributed by atoms with Crippen LogP contribution >= 0.6 is 15.6 Å². The number of phosphoric acid groups is 2. The molecule has 0 aromatic carbocycles. The highest BCUT2D eigenvalue weighted by Crippen LogP contribution is 2.45. The second-order valence-corrected chi connectivity index (χ2v) is 26.1. The maximum Gasteiger partial charge on any atom is 0.472 e. The number of aliphatic hydroxyl groups is 1. The van der Waals surface area contributed by atoms with Crippen LogP contribution in [-0.4, -0.2) is 96.7 Å². The summed E-state index contributed by atoms with van der Waals surface area (Å²) >= 11 is 0. The minimum Gasteiger partial charge on any atom is -0.462 e. The van der Waals surface area contributed by atoms with Gasteiger partial charge in [-0.2, -0.15) is 0 Å². The molecule has 0 rings (SSSR count). The fraction of sp³-hybridized carbons (Fsp3) is 0.938. The molecular weight excluding hydrogens is 1100 g/mol. The lowest BCUT2D eigenvalue weighted by molar-refractivity contribution is -0.161. The Balaban J connectivity index is 4.98. The van der Waals surface area contributed by atoms with Gasteiger partial charge in [0.15, 0.2) is 12.2 Å². The molecule has 0 bridgehead atoms. The summed E-state index contributed by atoms with van der Waals surface area (Å²) in [5.41, 5.74) is 0. The Morgan fingerprint density at radius 1 is 0.289 bits per heavy atom. The van der Waals surface area contributed by atoms with Crippen LogP contribution in [0.5, 0.6) is 0 Å². The highest BCUT2D eigenvalue weighted by Gasteiger charge is 2.30. The molecule has 0 saturated heterocycles. The third kappa shape index (κ3) is 58.8. The highest BCUT2D eigenvalue weighted by atomic mass is 31.2. The molecule has 0 amide bonds. The van der Waals surface area contributed by atoms with E-state index in [0.717, 1.165) is 128 Å². The highest BCUT2D eigenvalue weighted by molar-refractivity contribution is 7.47. The summed E-state index contributed by atoms with van der Waals surface area (Å²) in [6, 6.07) is 0. The van der Waals surface area contributed by atoms with E-state index in [-0.39, 0.29) is 25.7 Å². The largest absolute Gasteiger partial charge is 0.472 e. The van der Waals surface area contributed by atoms with Gasteiger partial charge in [-0.3, -0.25) is 37.3 Å². The van der Waals surface area contributed by atoms with Gasteiger partial charge in [-0.25, -0.2) is 9.13 Å². The van der Waals surface area contributed by atoms with E-state index in [2.05, 4.69) is 27.7 Å². The average Bonchev–Trinajstić information content (AvgIpc) is 3.46. The molecule has 0 aromatic rings. The molecule has 0 radical (unpaired) electrons. The zero-order chi connectivity index (χ0) is 61.2. The molecule has 0 heterocycles. The molecule has 2 unspecified atom stereocenters. The topological polar surface area (TPSA) is 237 Å². The number of carbonyl (C=O) groups is 4. The molecule has 492 valence electrons. The monoisotopic (exact) mass is 1230 g/mol.